The lowest BCUT2D eigenvalue weighted by atomic mass is 10.1. The fraction of sp³-hybridized carbons (Fsp3) is 0.235. The average Bonchev–Trinajstić information content (AvgIpc) is 2.53. The first-order chi connectivity index (χ1) is 11.0. The molecule has 0 heterocycles. The Morgan fingerprint density at radius 3 is 2.43 bits per heavy atom. The predicted molar refractivity (Wildman–Crippen MR) is 94.7 cm³/mol. The maximum atomic E-state index is 6.07. The fourth-order valence-electron chi connectivity index (χ4n) is 2.15. The van der Waals surface area contributed by atoms with Gasteiger partial charge in [0.25, 0.3) is 0 Å². The molecule has 0 spiro atoms. The molecule has 122 valence electrons. The van der Waals surface area contributed by atoms with Crippen molar-refractivity contribution in [2.75, 3.05) is 19.5 Å². The molecule has 0 amide bonds. The number of aryl methyl sites for hydroxylation is 1. The number of nitrogens with zero attached hydrogens (tertiary/aromatic N) is 1. The number of methoxy groups -OCH3 is 2. The topological polar surface area (TPSA) is 68.9 Å². The fourth-order valence-corrected chi connectivity index (χ4v) is 2.40. The third-order valence-corrected chi connectivity index (χ3v) is 3.61. The second-order valence-electron chi connectivity index (χ2n) is 4.98. The Labute approximate surface area is 141 Å². The molecule has 0 aliphatic carbocycles. The van der Waals surface area contributed by atoms with Crippen molar-refractivity contribution in [3.63, 3.8) is 0 Å². The second kappa shape index (κ2) is 7.74. The summed E-state index contributed by atoms with van der Waals surface area (Å²) in [5.74, 6) is 1.79. The van der Waals surface area contributed by atoms with Crippen LogP contribution in [0.1, 0.15) is 11.1 Å². The van der Waals surface area contributed by atoms with Gasteiger partial charge in [-0.1, -0.05) is 23.7 Å². The van der Waals surface area contributed by atoms with Gasteiger partial charge in [-0.05, 0) is 42.3 Å². The van der Waals surface area contributed by atoms with E-state index in [4.69, 9.17) is 26.8 Å². The van der Waals surface area contributed by atoms with Gasteiger partial charge in [-0.3, -0.25) is 0 Å². The molecule has 6 heteroatoms. The largest absolute Gasteiger partial charge is 0.496 e. The molecule has 0 aliphatic rings. The Bertz CT molecular complexity index is 717. The third-order valence-electron chi connectivity index (χ3n) is 3.32. The van der Waals surface area contributed by atoms with Crippen molar-refractivity contribution in [2.24, 2.45) is 10.7 Å². The van der Waals surface area contributed by atoms with E-state index in [1.54, 1.807) is 26.4 Å². The van der Waals surface area contributed by atoms with Gasteiger partial charge in [-0.15, -0.1) is 0 Å². The molecule has 2 aromatic carbocycles. The minimum atomic E-state index is 0.319. The van der Waals surface area contributed by atoms with E-state index in [1.165, 1.54) is 0 Å². The summed E-state index contributed by atoms with van der Waals surface area (Å²) < 4.78 is 10.3. The summed E-state index contributed by atoms with van der Waals surface area (Å²) in [4.78, 5) is 4.33. The van der Waals surface area contributed by atoms with Crippen LogP contribution >= 0.6 is 11.6 Å². The molecule has 5 nitrogen and oxygen atoms in total. The zero-order valence-electron chi connectivity index (χ0n) is 13.4. The Morgan fingerprint density at radius 1 is 1.13 bits per heavy atom. The molecule has 2 aromatic rings. The van der Waals surface area contributed by atoms with Gasteiger partial charge in [-0.25, -0.2) is 4.99 Å². The van der Waals surface area contributed by atoms with Crippen LogP contribution < -0.4 is 20.5 Å². The van der Waals surface area contributed by atoms with Gasteiger partial charge >= 0.3 is 0 Å². The van der Waals surface area contributed by atoms with Crippen molar-refractivity contribution in [3.8, 4) is 11.5 Å². The van der Waals surface area contributed by atoms with Crippen molar-refractivity contribution in [3.05, 3.63) is 52.5 Å². The molecule has 0 radical (unpaired) electrons. The molecule has 3 N–H and O–H groups in total. The van der Waals surface area contributed by atoms with Crippen molar-refractivity contribution in [1.82, 2.24) is 0 Å². The molecule has 0 saturated heterocycles. The van der Waals surface area contributed by atoms with Gasteiger partial charge in [0, 0.05) is 5.69 Å². The number of nitrogens with two attached hydrogens (primary N) is 1. The van der Waals surface area contributed by atoms with Crippen molar-refractivity contribution in [1.29, 1.82) is 0 Å². The number of ether oxygens (including phenoxy) is 2. The lowest BCUT2D eigenvalue weighted by Gasteiger charge is -2.09. The maximum Gasteiger partial charge on any atom is 0.193 e. The third kappa shape index (κ3) is 4.53. The monoisotopic (exact) mass is 333 g/mol. The smallest absolute Gasteiger partial charge is 0.193 e. The minimum Gasteiger partial charge on any atom is -0.496 e. The Kier molecular flexibility index (Phi) is 5.71. The summed E-state index contributed by atoms with van der Waals surface area (Å²) in [6.45, 7) is 2.47. The molecule has 23 heavy (non-hydrogen) atoms. The van der Waals surface area contributed by atoms with Crippen molar-refractivity contribution < 1.29 is 9.47 Å². The quantitative estimate of drug-likeness (QED) is 0.648. The number of guanidine groups is 1. The normalized spacial score (nSPS) is 11.2. The first kappa shape index (κ1) is 17.0. The van der Waals surface area contributed by atoms with E-state index >= 15 is 0 Å². The summed E-state index contributed by atoms with van der Waals surface area (Å²) in [6.07, 6.45) is 0. The summed E-state index contributed by atoms with van der Waals surface area (Å²) in [5.41, 5.74) is 8.78. The molecule has 0 bridgehead atoms. The molecular formula is C17H20ClN3O2. The first-order valence-electron chi connectivity index (χ1n) is 7.07. The highest BCUT2D eigenvalue weighted by molar-refractivity contribution is 6.32. The van der Waals surface area contributed by atoms with Crippen molar-refractivity contribution >= 4 is 23.2 Å². The standard InChI is InChI=1S/C17H20ClN3O2/c1-11-8-12(4-6-15(11)22-2)10-20-17(19)21-13-5-7-16(23-3)14(18)9-13/h4-9H,10H2,1-3H3,(H3,19,20,21). The lowest BCUT2D eigenvalue weighted by Crippen LogP contribution is -2.22. The Morgan fingerprint density at radius 2 is 1.83 bits per heavy atom. The van der Waals surface area contributed by atoms with E-state index < -0.39 is 0 Å². The first-order valence-corrected chi connectivity index (χ1v) is 7.45. The van der Waals surface area contributed by atoms with E-state index in [9.17, 15) is 0 Å². The molecular weight excluding hydrogens is 314 g/mol. The molecule has 0 fully saturated rings. The summed E-state index contributed by atoms with van der Waals surface area (Å²) >= 11 is 6.07. The lowest BCUT2D eigenvalue weighted by molar-refractivity contribution is 0.411. The second-order valence-corrected chi connectivity index (χ2v) is 5.39. The minimum absolute atomic E-state index is 0.319. The van der Waals surface area contributed by atoms with Crippen molar-refractivity contribution in [2.45, 2.75) is 13.5 Å². The van der Waals surface area contributed by atoms with Gasteiger partial charge in [0.1, 0.15) is 11.5 Å². The zero-order chi connectivity index (χ0) is 16.8. The van der Waals surface area contributed by atoms with Crippen LogP contribution in [0.15, 0.2) is 41.4 Å². The Hall–Kier alpha value is -2.40. The molecule has 2 rings (SSSR count). The van der Waals surface area contributed by atoms with Gasteiger partial charge < -0.3 is 20.5 Å². The molecule has 0 aromatic heterocycles. The van der Waals surface area contributed by atoms with E-state index in [2.05, 4.69) is 10.3 Å². The highest BCUT2D eigenvalue weighted by Gasteiger charge is 2.03. The number of aliphatic imine (C=N–C) groups is 1. The molecule has 0 unspecified atom stereocenters. The molecule has 0 atom stereocenters. The highest BCUT2D eigenvalue weighted by Crippen LogP contribution is 2.27. The van der Waals surface area contributed by atoms with E-state index in [-0.39, 0.29) is 0 Å². The number of hydrogen-bond donors (Lipinski definition) is 2. The van der Waals surface area contributed by atoms with Crippen LogP contribution in [-0.2, 0) is 6.54 Å². The zero-order valence-corrected chi connectivity index (χ0v) is 14.1. The van der Waals surface area contributed by atoms with Gasteiger partial charge in [-0.2, -0.15) is 0 Å². The number of hydrogen-bond acceptors (Lipinski definition) is 3. The van der Waals surface area contributed by atoms with Gasteiger partial charge in [0.05, 0.1) is 25.8 Å². The Balaban J connectivity index is 2.02. The number of halogens is 1. The van der Waals surface area contributed by atoms with Crippen LogP contribution in [0.4, 0.5) is 5.69 Å². The highest BCUT2D eigenvalue weighted by atomic mass is 35.5. The van der Waals surface area contributed by atoms with Gasteiger partial charge in [0.15, 0.2) is 5.96 Å². The number of rotatable bonds is 5. The average molecular weight is 334 g/mol. The van der Waals surface area contributed by atoms with Gasteiger partial charge in [0.2, 0.25) is 0 Å². The molecule has 0 saturated carbocycles. The van der Waals surface area contributed by atoms with E-state index in [0.717, 1.165) is 22.6 Å². The summed E-state index contributed by atoms with van der Waals surface area (Å²) in [5, 5.41) is 3.51. The van der Waals surface area contributed by atoms with Crippen LogP contribution in [0, 0.1) is 6.92 Å². The van der Waals surface area contributed by atoms with Crippen LogP contribution in [-0.4, -0.2) is 20.2 Å². The van der Waals surface area contributed by atoms with Crippen LogP contribution in [0.5, 0.6) is 11.5 Å². The maximum absolute atomic E-state index is 6.07. The summed E-state index contributed by atoms with van der Waals surface area (Å²) in [7, 11) is 3.23. The number of benzene rings is 2. The number of nitrogens with one attached hydrogen (secondary N) is 1. The van der Waals surface area contributed by atoms with Crippen LogP contribution in [0.25, 0.3) is 0 Å². The predicted octanol–water partition coefficient (Wildman–Crippen LogP) is 3.59. The van der Waals surface area contributed by atoms with Crippen LogP contribution in [0.2, 0.25) is 5.02 Å². The molecule has 0 aliphatic heterocycles. The summed E-state index contributed by atoms with van der Waals surface area (Å²) in [6, 6.07) is 11.2. The van der Waals surface area contributed by atoms with E-state index in [1.807, 2.05) is 31.2 Å². The van der Waals surface area contributed by atoms with Crippen LogP contribution in [0.3, 0.4) is 0 Å². The number of anilines is 1. The van der Waals surface area contributed by atoms with E-state index in [0.29, 0.717) is 23.3 Å². The SMILES string of the molecule is COc1ccc(CN=C(N)Nc2ccc(OC)c(Cl)c2)cc1C.